The van der Waals surface area contributed by atoms with E-state index in [2.05, 4.69) is 21.3 Å². The van der Waals surface area contributed by atoms with Gasteiger partial charge in [0.2, 0.25) is 29.4 Å². The Kier molecular flexibility index (Phi) is 27.1. The lowest BCUT2D eigenvalue weighted by Gasteiger charge is -2.53. The number of carboxylic acid groups (broad SMARTS) is 4. The minimum atomic E-state index is -3.63. The summed E-state index contributed by atoms with van der Waals surface area (Å²) >= 11 is 0. The molecule has 0 unspecified atom stereocenters. The molecule has 598 valence electrons. The molecule has 40 atom stereocenters. The predicted octanol–water partition coefficient (Wildman–Crippen LogP) is -17.1. The van der Waals surface area contributed by atoms with Gasteiger partial charge in [0.15, 0.2) is 74.7 Å². The molecule has 0 aliphatic carbocycles. The lowest BCUT2D eigenvalue weighted by atomic mass is 9.91. The standard InChI is InChI=1S/C56H84N4O45/c1-9(65)57-17-21(69)32-13(5-61)90-48(17)97-36-25(73)29(77)53(102-40(36)45(83)84)95-34-15(7-63)92-50(19(23(34)71)59-11(3)67)99-38-27(75)31(79)55(104-42(38)47(87)88)105-56(89)16(8-64)93-51(20(43(56)80)60-12(4)68)100-37-26(74)30(78)54(103-41(37)46(85)86)96-33-14(6-62)91-49(18(22(33)70)58-10(2)66)98-35-24(72)28(76)52(94-32)101-39(35)44(81)82/h13-43,48-55,61-64,69-80,89H,5-8H2,1-4H3,(H,57,65)(H,58,66)(H,59,67)(H,60,68)(H,81,82)(H,83,84)(H,85,86)(H,87,88)/t13-,14-,15-,16-,17-,18-,19-,20-,21-,22-,23-,24-,25-,26-,27-,28-,29-,30-,31-,32-,33-,34-,35+,36+,37+,38+,39+,40+,41+,42+,43-,48+,49+,50+,51+,52-,53-,54-,55+,56+/m1/s1. The van der Waals surface area contributed by atoms with E-state index in [0.29, 0.717) is 0 Å². The van der Waals surface area contributed by atoms with Crippen LogP contribution in [-0.4, -0.2) is 426 Å². The zero-order valence-corrected chi connectivity index (χ0v) is 55.0. The Hall–Kier alpha value is -5.56. The number of hydrogen-bond acceptors (Lipinski definition) is 41. The van der Waals surface area contributed by atoms with Crippen LogP contribution in [0.15, 0.2) is 0 Å². The van der Waals surface area contributed by atoms with Gasteiger partial charge in [-0.3, -0.25) is 19.2 Å². The number of aliphatic hydroxyl groups is 17. The summed E-state index contributed by atoms with van der Waals surface area (Å²) in [6, 6.07) is -8.60. The van der Waals surface area contributed by atoms with Gasteiger partial charge >= 0.3 is 23.9 Å². The van der Waals surface area contributed by atoms with Crippen molar-refractivity contribution in [2.45, 2.75) is 273 Å². The molecule has 0 spiro atoms. The maximum atomic E-state index is 13.1. The van der Waals surface area contributed by atoms with Crippen molar-refractivity contribution in [1.29, 1.82) is 0 Å². The monoisotopic (exact) mass is 1530 g/mol. The fourth-order valence-electron chi connectivity index (χ4n) is 13.4. The molecule has 4 amide bonds. The maximum Gasteiger partial charge on any atom is 0.335 e. The van der Waals surface area contributed by atoms with Crippen molar-refractivity contribution in [3.05, 3.63) is 0 Å². The van der Waals surface area contributed by atoms with Crippen molar-refractivity contribution in [2.75, 3.05) is 26.4 Å². The number of hydrogen-bond donors (Lipinski definition) is 25. The predicted molar refractivity (Wildman–Crippen MR) is 311 cm³/mol. The van der Waals surface area contributed by atoms with E-state index in [1.807, 2.05) is 0 Å². The summed E-state index contributed by atoms with van der Waals surface area (Å²) in [5.41, 5.74) is 0. The molecule has 21 heterocycles. The molecule has 0 saturated carbocycles. The van der Waals surface area contributed by atoms with Crippen LogP contribution < -0.4 is 21.3 Å². The number of ether oxygens (including phenoxy) is 16. The Labute approximate surface area is 588 Å². The third-order valence-electron chi connectivity index (χ3n) is 18.5. The molecule has 25 N–H and O–H groups in total. The first-order valence-electron chi connectivity index (χ1n) is 32.1. The summed E-state index contributed by atoms with van der Waals surface area (Å²) in [4.78, 5) is 103. The van der Waals surface area contributed by atoms with E-state index in [1.165, 1.54) is 0 Å². The van der Waals surface area contributed by atoms with Gasteiger partial charge in [0.05, 0.1) is 26.4 Å². The third kappa shape index (κ3) is 17.1. The van der Waals surface area contributed by atoms with Crippen molar-refractivity contribution in [1.82, 2.24) is 21.3 Å². The van der Waals surface area contributed by atoms with Gasteiger partial charge in [0, 0.05) is 27.7 Å². The maximum absolute atomic E-state index is 13.1. The average Bonchev–Trinajstić information content (AvgIpc) is 0.749. The van der Waals surface area contributed by atoms with Gasteiger partial charge in [-0.2, -0.15) is 0 Å². The van der Waals surface area contributed by atoms with Crippen LogP contribution in [0.25, 0.3) is 0 Å². The number of aliphatic hydroxyl groups excluding tert-OH is 16. The molecular weight excluding hydrogens is 1450 g/mol. The van der Waals surface area contributed by atoms with E-state index in [0.717, 1.165) is 27.7 Å². The SMILES string of the molecule is CC(=O)N[C@H]1[C@@H]2O[C@H]3[C@H](O)[C@@H](O)[C@H](O[C@H]4[C@H](O)[C@@H](NC(C)=O)[C@H](O[C@H]5[C@H](O)[C@@H](O)[C@@H](O[C@@H]5C(=O)O)O[C@]5(O)[C@H](O)[C@@H](NC(C)=O)[C@H](O[C@H]6[C@H](O)[C@@H](O)[C@H](O[C@H]7[C@H](O)[C@@H](NC(C)=O)[C@H](O[C@H]8[C@H](O)[C@@H](O)[C@H](O[C@@H]([C@@H]1O)[C@@H](CO)O2)O[C@@H]8C(=O)O)O[C@@H]7CO)O[C@@H]6C(=O)O)O[C@@H]5CO)O[C@@H]4CO)O[C@@H]3C(=O)O. The van der Waals surface area contributed by atoms with Crippen LogP contribution in [0, 0.1) is 0 Å². The molecule has 21 aliphatic heterocycles. The fourth-order valence-corrected chi connectivity index (χ4v) is 13.4. The van der Waals surface area contributed by atoms with Crippen LogP contribution in [-0.2, 0) is 114 Å². The summed E-state index contributed by atoms with van der Waals surface area (Å²) in [5.74, 6) is -16.2. The smallest absolute Gasteiger partial charge is 0.335 e. The van der Waals surface area contributed by atoms with Crippen LogP contribution in [0.5, 0.6) is 0 Å². The van der Waals surface area contributed by atoms with Gasteiger partial charge < -0.3 is 204 Å². The van der Waals surface area contributed by atoms with E-state index >= 15 is 0 Å². The molecule has 49 heteroatoms. The lowest BCUT2D eigenvalue weighted by molar-refractivity contribution is -0.437. The number of carboxylic acids is 4. The van der Waals surface area contributed by atoms with Crippen molar-refractivity contribution in [2.24, 2.45) is 0 Å². The molecule has 0 aromatic rings. The molecule has 105 heavy (non-hydrogen) atoms. The molecule has 21 rings (SSSR count). The third-order valence-corrected chi connectivity index (χ3v) is 18.5. The van der Waals surface area contributed by atoms with Gasteiger partial charge in [0.1, 0.15) is 165 Å². The number of amides is 4. The number of nitrogens with one attached hydrogen (secondary N) is 4. The van der Waals surface area contributed by atoms with E-state index in [1.54, 1.807) is 0 Å². The minimum absolute atomic E-state index is 0.789. The van der Waals surface area contributed by atoms with Crippen LogP contribution in [0.3, 0.4) is 0 Å². The zero-order valence-electron chi connectivity index (χ0n) is 55.0. The van der Waals surface area contributed by atoms with Gasteiger partial charge in [-0.05, 0) is 0 Å². The Bertz CT molecular complexity index is 3060. The highest BCUT2D eigenvalue weighted by Gasteiger charge is 2.65. The second kappa shape index (κ2) is 34.1. The molecule has 21 fully saturated rings. The van der Waals surface area contributed by atoms with Crippen molar-refractivity contribution >= 4 is 47.5 Å². The summed E-state index contributed by atoms with van der Waals surface area (Å²) in [6.45, 7) is -2.06. The second-order valence-electron chi connectivity index (χ2n) is 25.7. The van der Waals surface area contributed by atoms with Gasteiger partial charge in [-0.25, -0.2) is 19.2 Å². The van der Waals surface area contributed by atoms with Crippen LogP contribution >= 0.6 is 0 Å². The molecule has 0 aromatic carbocycles. The first-order chi connectivity index (χ1) is 49.3. The molecular formula is C56H84N4O45. The molecule has 21 aliphatic rings. The summed E-state index contributed by atoms with van der Waals surface area (Å²) < 4.78 is 91.0. The highest BCUT2D eigenvalue weighted by Crippen LogP contribution is 2.42. The average molecular weight is 1530 g/mol. The first-order valence-corrected chi connectivity index (χ1v) is 32.1. The highest BCUT2D eigenvalue weighted by molar-refractivity contribution is 5.76. The van der Waals surface area contributed by atoms with Crippen molar-refractivity contribution in [3.63, 3.8) is 0 Å². The van der Waals surface area contributed by atoms with Crippen LogP contribution in [0.2, 0.25) is 0 Å². The van der Waals surface area contributed by atoms with E-state index in [4.69, 9.17) is 75.8 Å². The molecule has 0 aromatic heterocycles. The normalized spacial score (nSPS) is 48.6. The van der Waals surface area contributed by atoms with E-state index < -0.39 is 319 Å². The van der Waals surface area contributed by atoms with Gasteiger partial charge in [-0.15, -0.1) is 0 Å². The summed E-state index contributed by atoms with van der Waals surface area (Å²) in [6.07, 6.45) is -85.7. The van der Waals surface area contributed by atoms with Crippen LogP contribution in [0.1, 0.15) is 27.7 Å². The summed E-state index contributed by atoms with van der Waals surface area (Å²) in [7, 11) is 0. The topological polar surface area (TPSA) is 757 Å². The second-order valence-corrected chi connectivity index (χ2v) is 25.7. The molecule has 21 saturated heterocycles. The van der Waals surface area contributed by atoms with Gasteiger partial charge in [0.25, 0.3) is 0 Å². The van der Waals surface area contributed by atoms with E-state index in [9.17, 15) is 146 Å². The Morgan fingerprint density at radius 1 is 0.286 bits per heavy atom. The molecule has 49 nitrogen and oxygen atoms in total. The minimum Gasteiger partial charge on any atom is -0.479 e. The van der Waals surface area contributed by atoms with E-state index in [-0.39, 0.29) is 0 Å². The summed E-state index contributed by atoms with van der Waals surface area (Å²) in [5, 5.41) is 247. The fraction of sp³-hybridized carbons (Fsp3) is 0.857. The zero-order chi connectivity index (χ0) is 77.6. The van der Waals surface area contributed by atoms with Crippen molar-refractivity contribution < 1.29 is 221 Å². The largest absolute Gasteiger partial charge is 0.479 e. The van der Waals surface area contributed by atoms with Crippen molar-refractivity contribution in [3.8, 4) is 0 Å². The highest BCUT2D eigenvalue weighted by atomic mass is 16.8. The quantitative estimate of drug-likeness (QED) is 0.0863. The van der Waals surface area contributed by atoms with Crippen LogP contribution in [0.4, 0.5) is 0 Å². The molecule has 0 radical (unpaired) electrons. The molecule has 16 bridgehead atoms. The number of rotatable bonds is 12. The number of aliphatic carboxylic acids is 4. The Morgan fingerprint density at radius 2 is 0.524 bits per heavy atom. The number of carbonyl (C=O) groups excluding carboxylic acids is 4. The Morgan fingerprint density at radius 3 is 0.771 bits per heavy atom. The number of carbonyl (C=O) groups is 8. The van der Waals surface area contributed by atoms with Gasteiger partial charge in [-0.1, -0.05) is 0 Å². The first kappa shape index (κ1) is 83.5. The lowest BCUT2D eigenvalue weighted by Crippen LogP contribution is -2.75. The Balaban J connectivity index is 1.08.